The first-order chi connectivity index (χ1) is 5.27. The van der Waals surface area contributed by atoms with Crippen LogP contribution >= 0.6 is 7.60 Å². The van der Waals surface area contributed by atoms with Gasteiger partial charge in [-0.05, 0) is 6.92 Å². The van der Waals surface area contributed by atoms with E-state index in [1.54, 1.807) is 0 Å². The van der Waals surface area contributed by atoms with Crippen molar-refractivity contribution in [2.45, 2.75) is 6.92 Å². The van der Waals surface area contributed by atoms with Gasteiger partial charge >= 0.3 is 7.60 Å². The molecule has 0 saturated carbocycles. The smallest absolute Gasteiger partial charge is 0.333 e. The first-order valence-electron chi connectivity index (χ1n) is 3.73. The van der Waals surface area contributed by atoms with Crippen LogP contribution in [-0.4, -0.2) is 32.6 Å². The van der Waals surface area contributed by atoms with Crippen LogP contribution in [0.3, 0.4) is 0 Å². The van der Waals surface area contributed by atoms with Crippen molar-refractivity contribution in [1.82, 2.24) is 0 Å². The SMILES string of the molecule is CCOCCP1(=O)OCCO1. The predicted molar refractivity (Wildman–Crippen MR) is 40.9 cm³/mol. The molecule has 1 aliphatic rings. The minimum Gasteiger partial charge on any atom is -0.381 e. The lowest BCUT2D eigenvalue weighted by Gasteiger charge is -2.07. The van der Waals surface area contributed by atoms with E-state index in [1.165, 1.54) is 0 Å². The summed E-state index contributed by atoms with van der Waals surface area (Å²) in [4.78, 5) is 0. The Morgan fingerprint density at radius 2 is 2.09 bits per heavy atom. The zero-order valence-electron chi connectivity index (χ0n) is 6.62. The minimum atomic E-state index is -2.72. The van der Waals surface area contributed by atoms with Crippen molar-refractivity contribution in [2.75, 3.05) is 32.6 Å². The van der Waals surface area contributed by atoms with Gasteiger partial charge in [0.1, 0.15) is 0 Å². The molecule has 11 heavy (non-hydrogen) atoms. The topological polar surface area (TPSA) is 44.8 Å². The van der Waals surface area contributed by atoms with E-state index in [0.717, 1.165) is 0 Å². The number of rotatable bonds is 4. The zero-order chi connectivity index (χ0) is 8.16. The Morgan fingerprint density at radius 1 is 1.45 bits per heavy atom. The van der Waals surface area contributed by atoms with Gasteiger partial charge in [-0.15, -0.1) is 0 Å². The van der Waals surface area contributed by atoms with E-state index in [2.05, 4.69) is 0 Å². The normalized spacial score (nSPS) is 22.3. The largest absolute Gasteiger partial charge is 0.381 e. The van der Waals surface area contributed by atoms with E-state index in [1.807, 2.05) is 6.92 Å². The van der Waals surface area contributed by atoms with Gasteiger partial charge in [0, 0.05) is 6.61 Å². The van der Waals surface area contributed by atoms with Crippen LogP contribution in [0.25, 0.3) is 0 Å². The van der Waals surface area contributed by atoms with Crippen molar-refractivity contribution in [2.24, 2.45) is 0 Å². The van der Waals surface area contributed by atoms with Gasteiger partial charge in [0.25, 0.3) is 0 Å². The first-order valence-corrected chi connectivity index (χ1v) is 5.45. The fraction of sp³-hybridized carbons (Fsp3) is 1.00. The monoisotopic (exact) mass is 180 g/mol. The van der Waals surface area contributed by atoms with Gasteiger partial charge in [0.05, 0.1) is 26.0 Å². The van der Waals surface area contributed by atoms with Crippen LogP contribution in [0.15, 0.2) is 0 Å². The molecule has 0 aromatic carbocycles. The molecule has 0 unspecified atom stereocenters. The van der Waals surface area contributed by atoms with Crippen molar-refractivity contribution in [3.05, 3.63) is 0 Å². The molecule has 0 atom stereocenters. The van der Waals surface area contributed by atoms with E-state index < -0.39 is 7.60 Å². The molecule has 66 valence electrons. The first kappa shape index (κ1) is 9.20. The molecule has 0 aliphatic carbocycles. The van der Waals surface area contributed by atoms with Crippen molar-refractivity contribution >= 4 is 7.60 Å². The quantitative estimate of drug-likeness (QED) is 0.482. The summed E-state index contributed by atoms with van der Waals surface area (Å²) in [5.74, 6) is 0. The molecule has 1 aliphatic heterocycles. The van der Waals surface area contributed by atoms with Crippen LogP contribution in [0, 0.1) is 0 Å². The molecule has 1 rings (SSSR count). The summed E-state index contributed by atoms with van der Waals surface area (Å²) in [6, 6.07) is 0. The van der Waals surface area contributed by atoms with Gasteiger partial charge in [0.15, 0.2) is 0 Å². The minimum absolute atomic E-state index is 0.376. The van der Waals surface area contributed by atoms with Crippen molar-refractivity contribution < 1.29 is 18.3 Å². The van der Waals surface area contributed by atoms with Gasteiger partial charge in [-0.3, -0.25) is 4.57 Å². The Bertz CT molecular complexity index is 149. The maximum absolute atomic E-state index is 11.4. The summed E-state index contributed by atoms with van der Waals surface area (Å²) in [7, 11) is -2.72. The molecule has 1 heterocycles. The molecule has 0 spiro atoms. The van der Waals surface area contributed by atoms with Crippen LogP contribution in [-0.2, 0) is 18.3 Å². The van der Waals surface area contributed by atoms with Gasteiger partial charge in [-0.2, -0.15) is 0 Å². The molecule has 0 N–H and O–H groups in total. The van der Waals surface area contributed by atoms with E-state index in [4.69, 9.17) is 13.8 Å². The second kappa shape index (κ2) is 4.21. The maximum atomic E-state index is 11.4. The number of ether oxygens (including phenoxy) is 1. The fourth-order valence-electron chi connectivity index (χ4n) is 0.840. The van der Waals surface area contributed by atoms with Gasteiger partial charge in [0.2, 0.25) is 0 Å². The highest BCUT2D eigenvalue weighted by Crippen LogP contribution is 2.51. The molecule has 5 heteroatoms. The third-order valence-electron chi connectivity index (χ3n) is 1.37. The number of hydrogen-bond acceptors (Lipinski definition) is 4. The van der Waals surface area contributed by atoms with Crippen LogP contribution in [0.2, 0.25) is 0 Å². The summed E-state index contributed by atoms with van der Waals surface area (Å²) < 4.78 is 26.3. The molecule has 0 aromatic rings. The summed E-state index contributed by atoms with van der Waals surface area (Å²) >= 11 is 0. The van der Waals surface area contributed by atoms with Crippen LogP contribution < -0.4 is 0 Å². The lowest BCUT2D eigenvalue weighted by atomic mass is 10.8. The Labute approximate surface area is 66.4 Å². The highest BCUT2D eigenvalue weighted by Gasteiger charge is 2.29. The lowest BCUT2D eigenvalue weighted by Crippen LogP contribution is -2.00. The average molecular weight is 180 g/mol. The Morgan fingerprint density at radius 3 is 2.64 bits per heavy atom. The second-order valence-corrected chi connectivity index (χ2v) is 4.38. The highest BCUT2D eigenvalue weighted by atomic mass is 31.2. The molecular formula is C6H13O4P. The molecule has 1 fully saturated rings. The van der Waals surface area contributed by atoms with E-state index in [0.29, 0.717) is 32.6 Å². The zero-order valence-corrected chi connectivity index (χ0v) is 7.51. The maximum Gasteiger partial charge on any atom is 0.333 e. The molecule has 1 saturated heterocycles. The molecule has 0 radical (unpaired) electrons. The molecular weight excluding hydrogens is 167 g/mol. The summed E-state index contributed by atoms with van der Waals surface area (Å²) in [5, 5.41) is 0. The van der Waals surface area contributed by atoms with Crippen molar-refractivity contribution in [3.8, 4) is 0 Å². The lowest BCUT2D eigenvalue weighted by molar-refractivity contribution is 0.159. The number of hydrogen-bond donors (Lipinski definition) is 0. The summed E-state index contributed by atoms with van der Waals surface area (Å²) in [5.41, 5.74) is 0. The second-order valence-electron chi connectivity index (χ2n) is 2.20. The Kier molecular flexibility index (Phi) is 3.52. The summed E-state index contributed by atoms with van der Waals surface area (Å²) in [6.45, 7) is 3.88. The van der Waals surface area contributed by atoms with E-state index >= 15 is 0 Å². The van der Waals surface area contributed by atoms with E-state index in [9.17, 15) is 4.57 Å². The highest BCUT2D eigenvalue weighted by molar-refractivity contribution is 7.54. The molecule has 0 aromatic heterocycles. The van der Waals surface area contributed by atoms with Gasteiger partial charge in [-0.1, -0.05) is 0 Å². The molecule has 0 amide bonds. The molecule has 4 nitrogen and oxygen atoms in total. The van der Waals surface area contributed by atoms with Gasteiger partial charge in [-0.25, -0.2) is 0 Å². The van der Waals surface area contributed by atoms with Crippen LogP contribution in [0.1, 0.15) is 6.92 Å². The van der Waals surface area contributed by atoms with Crippen molar-refractivity contribution in [1.29, 1.82) is 0 Å². The van der Waals surface area contributed by atoms with E-state index in [-0.39, 0.29) is 0 Å². The molecule has 0 bridgehead atoms. The Hall–Kier alpha value is 0.110. The average Bonchev–Trinajstić information content (AvgIpc) is 2.38. The van der Waals surface area contributed by atoms with Gasteiger partial charge < -0.3 is 13.8 Å². The fourth-order valence-corrected chi connectivity index (χ4v) is 2.23. The van der Waals surface area contributed by atoms with Crippen molar-refractivity contribution in [3.63, 3.8) is 0 Å². The van der Waals surface area contributed by atoms with Crippen LogP contribution in [0.5, 0.6) is 0 Å². The standard InChI is InChI=1S/C6H13O4P/c1-2-8-5-6-11(7)9-3-4-10-11/h2-6H2,1H3. The third kappa shape index (κ3) is 2.91. The van der Waals surface area contributed by atoms with Crippen LogP contribution in [0.4, 0.5) is 0 Å². The Balaban J connectivity index is 2.18. The predicted octanol–water partition coefficient (Wildman–Crippen LogP) is 1.26. The summed E-state index contributed by atoms with van der Waals surface area (Å²) in [6.07, 6.45) is 0.376. The third-order valence-corrected chi connectivity index (χ3v) is 3.26.